The zero-order valence-electron chi connectivity index (χ0n) is 14.1. The molecule has 7 nitrogen and oxygen atoms in total. The summed E-state index contributed by atoms with van der Waals surface area (Å²) in [5.41, 5.74) is 0.497. The van der Waals surface area contributed by atoms with E-state index in [-0.39, 0.29) is 30.3 Å². The summed E-state index contributed by atoms with van der Waals surface area (Å²) >= 11 is 0. The van der Waals surface area contributed by atoms with Crippen LogP contribution >= 0.6 is 0 Å². The molecule has 0 aliphatic carbocycles. The molecule has 1 N–H and O–H groups in total. The molecule has 1 aromatic rings. The second-order valence-electron chi connectivity index (χ2n) is 6.33. The molecule has 3 rings (SSSR count). The van der Waals surface area contributed by atoms with Crippen LogP contribution in [-0.4, -0.2) is 66.4 Å². The third-order valence-corrected chi connectivity index (χ3v) is 4.58. The van der Waals surface area contributed by atoms with E-state index in [4.69, 9.17) is 0 Å². The molecule has 0 bridgehead atoms. The van der Waals surface area contributed by atoms with Crippen LogP contribution in [0.25, 0.3) is 0 Å². The van der Waals surface area contributed by atoms with Crippen LogP contribution in [-0.2, 0) is 9.59 Å². The highest BCUT2D eigenvalue weighted by Crippen LogP contribution is 2.22. The Hall–Kier alpha value is -2.64. The van der Waals surface area contributed by atoms with Crippen LogP contribution in [0.4, 0.5) is 14.9 Å². The third kappa shape index (κ3) is 3.89. The highest BCUT2D eigenvalue weighted by atomic mass is 19.1. The van der Waals surface area contributed by atoms with Gasteiger partial charge in [0.15, 0.2) is 0 Å². The van der Waals surface area contributed by atoms with Gasteiger partial charge in [-0.15, -0.1) is 0 Å². The highest BCUT2D eigenvalue weighted by Gasteiger charge is 2.33. The smallest absolute Gasteiger partial charge is 0.317 e. The summed E-state index contributed by atoms with van der Waals surface area (Å²) in [6, 6.07) is 5.31. The molecule has 134 valence electrons. The van der Waals surface area contributed by atoms with Crippen molar-refractivity contribution in [2.75, 3.05) is 37.6 Å². The van der Waals surface area contributed by atoms with Gasteiger partial charge in [-0.3, -0.25) is 9.59 Å². The zero-order valence-corrected chi connectivity index (χ0v) is 14.1. The summed E-state index contributed by atoms with van der Waals surface area (Å²) in [4.78, 5) is 40.7. The van der Waals surface area contributed by atoms with Gasteiger partial charge >= 0.3 is 6.03 Å². The fourth-order valence-corrected chi connectivity index (χ4v) is 3.19. The highest BCUT2D eigenvalue weighted by molar-refractivity contribution is 5.96. The summed E-state index contributed by atoms with van der Waals surface area (Å²) in [6.07, 6.45) is 0.190. The van der Waals surface area contributed by atoms with Gasteiger partial charge in [0.1, 0.15) is 5.82 Å². The maximum atomic E-state index is 13.3. The maximum absolute atomic E-state index is 13.3. The maximum Gasteiger partial charge on any atom is 0.317 e. The molecule has 0 radical (unpaired) electrons. The number of nitrogens with zero attached hydrogens (tertiary/aromatic N) is 3. The minimum absolute atomic E-state index is 0.00665. The summed E-state index contributed by atoms with van der Waals surface area (Å²) in [7, 11) is 0. The molecule has 1 atom stereocenters. The molecular formula is C17H21FN4O3. The minimum atomic E-state index is -0.402. The van der Waals surface area contributed by atoms with E-state index in [0.29, 0.717) is 38.4 Å². The van der Waals surface area contributed by atoms with E-state index in [2.05, 4.69) is 5.32 Å². The normalized spacial score (nSPS) is 20.8. The Morgan fingerprint density at radius 1 is 1.16 bits per heavy atom. The molecule has 0 aromatic heterocycles. The Bertz CT molecular complexity index is 688. The third-order valence-electron chi connectivity index (χ3n) is 4.58. The van der Waals surface area contributed by atoms with E-state index in [1.54, 1.807) is 21.9 Å². The SMILES string of the molecule is CC(=O)N1CCN(C(=O)NC2CC(=O)N(c3cccc(F)c3)C2)CC1. The summed E-state index contributed by atoms with van der Waals surface area (Å²) in [5, 5.41) is 2.86. The van der Waals surface area contributed by atoms with Crippen molar-refractivity contribution in [3.63, 3.8) is 0 Å². The van der Waals surface area contributed by atoms with Crippen molar-refractivity contribution in [3.05, 3.63) is 30.1 Å². The van der Waals surface area contributed by atoms with Crippen molar-refractivity contribution >= 4 is 23.5 Å². The first-order valence-electron chi connectivity index (χ1n) is 8.31. The number of carbonyl (C=O) groups excluding carboxylic acids is 3. The molecule has 2 heterocycles. The average molecular weight is 348 g/mol. The molecule has 2 aliphatic rings. The number of anilines is 1. The number of hydrogen-bond acceptors (Lipinski definition) is 3. The average Bonchev–Trinajstić information content (AvgIpc) is 2.95. The van der Waals surface area contributed by atoms with E-state index < -0.39 is 5.82 Å². The van der Waals surface area contributed by atoms with Gasteiger partial charge in [0, 0.05) is 51.8 Å². The van der Waals surface area contributed by atoms with Gasteiger partial charge in [0.2, 0.25) is 11.8 Å². The number of piperazine rings is 1. The topological polar surface area (TPSA) is 73.0 Å². The molecule has 1 unspecified atom stereocenters. The van der Waals surface area contributed by atoms with Crippen LogP contribution in [0.1, 0.15) is 13.3 Å². The number of amides is 4. The lowest BCUT2D eigenvalue weighted by Gasteiger charge is -2.34. The Kier molecular flexibility index (Phi) is 4.87. The lowest BCUT2D eigenvalue weighted by Crippen LogP contribution is -2.54. The molecule has 2 saturated heterocycles. The molecule has 8 heteroatoms. The number of hydrogen-bond donors (Lipinski definition) is 1. The van der Waals surface area contributed by atoms with Gasteiger partial charge in [-0.2, -0.15) is 0 Å². The molecule has 0 saturated carbocycles. The van der Waals surface area contributed by atoms with Gasteiger partial charge in [-0.1, -0.05) is 6.07 Å². The molecule has 0 spiro atoms. The van der Waals surface area contributed by atoms with Crippen LogP contribution in [0.3, 0.4) is 0 Å². The van der Waals surface area contributed by atoms with Gasteiger partial charge in [-0.05, 0) is 18.2 Å². The van der Waals surface area contributed by atoms with Crippen molar-refractivity contribution in [3.8, 4) is 0 Å². The van der Waals surface area contributed by atoms with Crippen LogP contribution in [0, 0.1) is 5.82 Å². The zero-order chi connectivity index (χ0) is 18.0. The van der Waals surface area contributed by atoms with E-state index in [1.165, 1.54) is 24.0 Å². The fourth-order valence-electron chi connectivity index (χ4n) is 3.19. The van der Waals surface area contributed by atoms with Crippen LogP contribution < -0.4 is 10.2 Å². The minimum Gasteiger partial charge on any atom is -0.339 e. The molecular weight excluding hydrogens is 327 g/mol. The molecule has 4 amide bonds. The Morgan fingerprint density at radius 2 is 1.84 bits per heavy atom. The lowest BCUT2D eigenvalue weighted by molar-refractivity contribution is -0.130. The molecule has 2 fully saturated rings. The molecule has 1 aromatic carbocycles. The van der Waals surface area contributed by atoms with Crippen LogP contribution in [0.5, 0.6) is 0 Å². The monoisotopic (exact) mass is 348 g/mol. The van der Waals surface area contributed by atoms with Crippen molar-refractivity contribution in [2.24, 2.45) is 0 Å². The number of rotatable bonds is 2. The largest absolute Gasteiger partial charge is 0.339 e. The van der Waals surface area contributed by atoms with Gasteiger partial charge in [-0.25, -0.2) is 9.18 Å². The predicted molar refractivity (Wildman–Crippen MR) is 89.5 cm³/mol. The second-order valence-corrected chi connectivity index (χ2v) is 6.33. The number of nitrogens with one attached hydrogen (secondary N) is 1. The van der Waals surface area contributed by atoms with Gasteiger partial charge in [0.05, 0.1) is 6.04 Å². The standard InChI is InChI=1S/C17H21FN4O3/c1-12(23)20-5-7-21(8-6-20)17(25)19-14-10-16(24)22(11-14)15-4-2-3-13(18)9-15/h2-4,9,14H,5-8,10-11H2,1H3,(H,19,25). The number of benzene rings is 1. The van der Waals surface area contributed by atoms with Crippen molar-refractivity contribution < 1.29 is 18.8 Å². The van der Waals surface area contributed by atoms with E-state index in [1.807, 2.05) is 0 Å². The van der Waals surface area contributed by atoms with Crippen molar-refractivity contribution in [1.29, 1.82) is 0 Å². The number of urea groups is 1. The number of carbonyl (C=O) groups is 3. The quantitative estimate of drug-likeness (QED) is 0.859. The second kappa shape index (κ2) is 7.08. The Labute approximate surface area is 145 Å². The summed E-state index contributed by atoms with van der Waals surface area (Å²) in [5.74, 6) is -0.536. The van der Waals surface area contributed by atoms with E-state index in [9.17, 15) is 18.8 Å². The van der Waals surface area contributed by atoms with Crippen molar-refractivity contribution in [2.45, 2.75) is 19.4 Å². The summed E-state index contributed by atoms with van der Waals surface area (Å²) < 4.78 is 13.3. The van der Waals surface area contributed by atoms with Crippen molar-refractivity contribution in [1.82, 2.24) is 15.1 Å². The lowest BCUT2D eigenvalue weighted by atomic mass is 10.2. The first-order chi connectivity index (χ1) is 11.9. The molecule has 2 aliphatic heterocycles. The fraction of sp³-hybridized carbons (Fsp3) is 0.471. The predicted octanol–water partition coefficient (Wildman–Crippen LogP) is 0.805. The Balaban J connectivity index is 1.55. The number of halogens is 1. The first-order valence-corrected chi connectivity index (χ1v) is 8.31. The summed E-state index contributed by atoms with van der Waals surface area (Å²) in [6.45, 7) is 3.81. The van der Waals surface area contributed by atoms with E-state index >= 15 is 0 Å². The van der Waals surface area contributed by atoms with E-state index in [0.717, 1.165) is 0 Å². The first kappa shape index (κ1) is 17.2. The molecule has 25 heavy (non-hydrogen) atoms. The van der Waals surface area contributed by atoms with Gasteiger partial charge in [0.25, 0.3) is 0 Å². The van der Waals surface area contributed by atoms with Crippen LogP contribution in [0.15, 0.2) is 24.3 Å². The van der Waals surface area contributed by atoms with Crippen LogP contribution in [0.2, 0.25) is 0 Å². The van der Waals surface area contributed by atoms with Gasteiger partial charge < -0.3 is 20.0 Å². The Morgan fingerprint density at radius 3 is 2.48 bits per heavy atom.